The largest absolute Gasteiger partial charge is 0.378 e. The average Bonchev–Trinajstić information content (AvgIpc) is 2.41. The van der Waals surface area contributed by atoms with E-state index in [4.69, 9.17) is 4.74 Å². The summed E-state index contributed by atoms with van der Waals surface area (Å²) < 4.78 is 6.06. The van der Waals surface area contributed by atoms with E-state index < -0.39 is 0 Å². The highest BCUT2D eigenvalue weighted by atomic mass is 16.5. The maximum atomic E-state index is 6.06. The third-order valence-corrected chi connectivity index (χ3v) is 5.40. The predicted molar refractivity (Wildman–Crippen MR) is 89.7 cm³/mol. The fourth-order valence-corrected chi connectivity index (χ4v) is 3.67. The van der Waals surface area contributed by atoms with Crippen molar-refractivity contribution in [3.05, 3.63) is 0 Å². The zero-order valence-corrected chi connectivity index (χ0v) is 14.7. The summed E-state index contributed by atoms with van der Waals surface area (Å²) in [7, 11) is 2.23. The number of ether oxygens (including phenoxy) is 1. The molecule has 1 aliphatic carbocycles. The number of rotatable bonds is 8. The lowest BCUT2D eigenvalue weighted by Gasteiger charge is -2.41. The summed E-state index contributed by atoms with van der Waals surface area (Å²) in [5, 5.41) is 0. The second-order valence-electron chi connectivity index (χ2n) is 7.62. The first-order valence-electron chi connectivity index (χ1n) is 9.12. The Kier molecular flexibility index (Phi) is 6.97. The lowest BCUT2D eigenvalue weighted by Crippen LogP contribution is -2.46. The molecule has 3 heteroatoms. The van der Waals surface area contributed by atoms with Crippen LogP contribution in [-0.2, 0) is 4.74 Å². The van der Waals surface area contributed by atoms with Crippen molar-refractivity contribution in [1.82, 2.24) is 9.80 Å². The first kappa shape index (κ1) is 17.2. The molecule has 0 aromatic rings. The number of nitrogens with zero attached hydrogens (tertiary/aromatic N) is 2. The topological polar surface area (TPSA) is 15.7 Å². The molecule has 0 atom stereocenters. The molecule has 3 nitrogen and oxygen atoms in total. The van der Waals surface area contributed by atoms with Gasteiger partial charge in [-0.1, -0.05) is 20.8 Å². The standard InChI is InChI=1S/C18H36N2O/c1-5-19(4)17-12-18(13-17)21-11-8-16-6-9-20(10-7-16)14-15(2)3/h15-18H,5-14H2,1-4H3. The molecule has 2 fully saturated rings. The molecule has 0 bridgehead atoms. The van der Waals surface area contributed by atoms with Crippen LogP contribution in [0.4, 0.5) is 0 Å². The van der Waals surface area contributed by atoms with Crippen molar-refractivity contribution in [3.63, 3.8) is 0 Å². The third-order valence-electron chi connectivity index (χ3n) is 5.40. The van der Waals surface area contributed by atoms with Crippen LogP contribution in [0.1, 0.15) is 52.9 Å². The molecule has 2 aliphatic rings. The van der Waals surface area contributed by atoms with Crippen LogP contribution < -0.4 is 0 Å². The van der Waals surface area contributed by atoms with Crippen LogP contribution in [0.5, 0.6) is 0 Å². The third kappa shape index (κ3) is 5.54. The van der Waals surface area contributed by atoms with Gasteiger partial charge >= 0.3 is 0 Å². The minimum Gasteiger partial charge on any atom is -0.378 e. The molecular formula is C18H36N2O. The van der Waals surface area contributed by atoms with E-state index in [1.165, 1.54) is 51.7 Å². The second-order valence-corrected chi connectivity index (χ2v) is 7.62. The van der Waals surface area contributed by atoms with Crippen molar-refractivity contribution in [2.45, 2.75) is 65.0 Å². The van der Waals surface area contributed by atoms with Crippen LogP contribution in [0.2, 0.25) is 0 Å². The summed E-state index contributed by atoms with van der Waals surface area (Å²) in [5.41, 5.74) is 0. The number of likely N-dealkylation sites (tertiary alicyclic amines) is 1. The van der Waals surface area contributed by atoms with E-state index in [-0.39, 0.29) is 0 Å². The quantitative estimate of drug-likeness (QED) is 0.684. The molecule has 0 spiro atoms. The molecule has 0 radical (unpaired) electrons. The van der Waals surface area contributed by atoms with Crippen molar-refractivity contribution < 1.29 is 4.74 Å². The molecule has 0 amide bonds. The summed E-state index contributed by atoms with van der Waals surface area (Å²) >= 11 is 0. The van der Waals surface area contributed by atoms with Gasteiger partial charge in [0.2, 0.25) is 0 Å². The molecule has 124 valence electrons. The molecular weight excluding hydrogens is 260 g/mol. The van der Waals surface area contributed by atoms with E-state index in [0.29, 0.717) is 6.10 Å². The lowest BCUT2D eigenvalue weighted by atomic mass is 9.88. The smallest absolute Gasteiger partial charge is 0.0605 e. The Hall–Kier alpha value is -0.120. The number of piperidine rings is 1. The minimum atomic E-state index is 0.546. The van der Waals surface area contributed by atoms with Crippen LogP contribution >= 0.6 is 0 Å². The van der Waals surface area contributed by atoms with Gasteiger partial charge < -0.3 is 14.5 Å². The van der Waals surface area contributed by atoms with E-state index in [0.717, 1.165) is 31.0 Å². The molecule has 1 saturated heterocycles. The fraction of sp³-hybridized carbons (Fsp3) is 1.00. The van der Waals surface area contributed by atoms with Crippen molar-refractivity contribution >= 4 is 0 Å². The van der Waals surface area contributed by atoms with Gasteiger partial charge in [-0.3, -0.25) is 0 Å². The molecule has 0 aromatic carbocycles. The van der Waals surface area contributed by atoms with Crippen molar-refractivity contribution in [3.8, 4) is 0 Å². The average molecular weight is 296 g/mol. The van der Waals surface area contributed by atoms with Gasteiger partial charge in [0.05, 0.1) is 6.10 Å². The zero-order valence-electron chi connectivity index (χ0n) is 14.7. The Morgan fingerprint density at radius 1 is 1.19 bits per heavy atom. The summed E-state index contributed by atoms with van der Waals surface area (Å²) in [6, 6.07) is 0.777. The Morgan fingerprint density at radius 2 is 1.86 bits per heavy atom. The Balaban J connectivity index is 1.49. The van der Waals surface area contributed by atoms with Crippen molar-refractivity contribution in [1.29, 1.82) is 0 Å². The van der Waals surface area contributed by atoms with E-state index in [1.54, 1.807) is 0 Å². The summed E-state index contributed by atoms with van der Waals surface area (Å²) in [6.07, 6.45) is 7.07. The maximum absolute atomic E-state index is 6.06. The van der Waals surface area contributed by atoms with Gasteiger partial charge in [-0.25, -0.2) is 0 Å². The molecule has 21 heavy (non-hydrogen) atoms. The summed E-state index contributed by atoms with van der Waals surface area (Å²) in [4.78, 5) is 5.09. The SMILES string of the molecule is CCN(C)C1CC(OCCC2CCN(CC(C)C)CC2)C1. The van der Waals surface area contributed by atoms with Gasteiger partial charge in [-0.2, -0.15) is 0 Å². The Morgan fingerprint density at radius 3 is 2.43 bits per heavy atom. The van der Waals surface area contributed by atoms with E-state index in [2.05, 4.69) is 37.6 Å². The normalized spacial score (nSPS) is 28.3. The molecule has 0 unspecified atom stereocenters. The molecule has 1 aliphatic heterocycles. The lowest BCUT2D eigenvalue weighted by molar-refractivity contribution is -0.0494. The number of hydrogen-bond acceptors (Lipinski definition) is 3. The van der Waals surface area contributed by atoms with Crippen molar-refractivity contribution in [2.24, 2.45) is 11.8 Å². The Bertz CT molecular complexity index is 281. The summed E-state index contributed by atoms with van der Waals surface area (Å²) in [5.74, 6) is 1.71. The first-order chi connectivity index (χ1) is 10.1. The Labute approximate surface area is 132 Å². The molecule has 1 saturated carbocycles. The van der Waals surface area contributed by atoms with E-state index >= 15 is 0 Å². The first-order valence-corrected chi connectivity index (χ1v) is 9.12. The summed E-state index contributed by atoms with van der Waals surface area (Å²) in [6.45, 7) is 12.9. The highest BCUT2D eigenvalue weighted by molar-refractivity contribution is 4.86. The molecule has 1 heterocycles. The van der Waals surface area contributed by atoms with Crippen LogP contribution in [0.15, 0.2) is 0 Å². The molecule has 2 rings (SSSR count). The molecule has 0 N–H and O–H groups in total. The van der Waals surface area contributed by atoms with E-state index in [9.17, 15) is 0 Å². The highest BCUT2D eigenvalue weighted by Gasteiger charge is 2.32. The van der Waals surface area contributed by atoms with Gasteiger partial charge in [0.25, 0.3) is 0 Å². The van der Waals surface area contributed by atoms with Gasteiger partial charge in [0, 0.05) is 19.2 Å². The zero-order chi connectivity index (χ0) is 15.2. The van der Waals surface area contributed by atoms with Crippen LogP contribution in [-0.4, -0.2) is 61.8 Å². The van der Waals surface area contributed by atoms with Gasteiger partial charge in [0.15, 0.2) is 0 Å². The number of hydrogen-bond donors (Lipinski definition) is 0. The minimum absolute atomic E-state index is 0.546. The fourth-order valence-electron chi connectivity index (χ4n) is 3.67. The van der Waals surface area contributed by atoms with Gasteiger partial charge in [-0.05, 0) is 70.6 Å². The van der Waals surface area contributed by atoms with Gasteiger partial charge in [-0.15, -0.1) is 0 Å². The highest BCUT2D eigenvalue weighted by Crippen LogP contribution is 2.28. The van der Waals surface area contributed by atoms with Crippen LogP contribution in [0.25, 0.3) is 0 Å². The molecule has 0 aromatic heterocycles. The maximum Gasteiger partial charge on any atom is 0.0605 e. The van der Waals surface area contributed by atoms with Crippen LogP contribution in [0.3, 0.4) is 0 Å². The van der Waals surface area contributed by atoms with Crippen LogP contribution in [0, 0.1) is 11.8 Å². The second kappa shape index (κ2) is 8.50. The van der Waals surface area contributed by atoms with Gasteiger partial charge in [0.1, 0.15) is 0 Å². The van der Waals surface area contributed by atoms with Crippen molar-refractivity contribution in [2.75, 3.05) is 39.8 Å². The monoisotopic (exact) mass is 296 g/mol. The predicted octanol–water partition coefficient (Wildman–Crippen LogP) is 3.24. The van der Waals surface area contributed by atoms with E-state index in [1.807, 2.05) is 0 Å².